The zero-order chi connectivity index (χ0) is 21.8. The number of aromatic nitrogens is 1. The summed E-state index contributed by atoms with van der Waals surface area (Å²) in [5, 5.41) is 13.8. The standard InChI is InChI=1S/C26H20ClN3O/c1-18-9-11-19(12-10-18)16-30-17-21(24-7-2-3-8-25(24)30)13-20(15-28)26(31)29-23-6-4-5-22(27)14-23/h2-14,17H,16H2,1H3,(H,29,31)/b20-13-. The molecule has 0 aliphatic rings. The van der Waals surface area contributed by atoms with Crippen molar-refractivity contribution in [3.8, 4) is 6.07 Å². The zero-order valence-electron chi connectivity index (χ0n) is 17.0. The van der Waals surface area contributed by atoms with Crippen LogP contribution in [0.2, 0.25) is 5.02 Å². The van der Waals surface area contributed by atoms with Crippen molar-refractivity contribution in [2.24, 2.45) is 0 Å². The van der Waals surface area contributed by atoms with Crippen molar-refractivity contribution in [3.63, 3.8) is 0 Å². The Kier molecular flexibility index (Phi) is 5.88. The molecule has 152 valence electrons. The Bertz CT molecular complexity index is 1330. The van der Waals surface area contributed by atoms with E-state index in [1.54, 1.807) is 30.3 Å². The lowest BCUT2D eigenvalue weighted by atomic mass is 10.1. The molecule has 0 radical (unpaired) electrons. The molecule has 0 atom stereocenters. The van der Waals surface area contributed by atoms with Gasteiger partial charge in [0.1, 0.15) is 11.6 Å². The molecule has 1 heterocycles. The summed E-state index contributed by atoms with van der Waals surface area (Å²) in [6.07, 6.45) is 3.61. The van der Waals surface area contributed by atoms with Crippen LogP contribution in [0, 0.1) is 18.3 Å². The highest BCUT2D eigenvalue weighted by molar-refractivity contribution is 6.31. The first-order valence-corrected chi connectivity index (χ1v) is 10.2. The second-order valence-electron chi connectivity index (χ2n) is 7.35. The van der Waals surface area contributed by atoms with Gasteiger partial charge in [-0.3, -0.25) is 4.79 Å². The van der Waals surface area contributed by atoms with Gasteiger partial charge in [-0.2, -0.15) is 5.26 Å². The number of rotatable bonds is 5. The minimum Gasteiger partial charge on any atom is -0.342 e. The number of nitrogens with one attached hydrogen (secondary N) is 1. The van der Waals surface area contributed by atoms with Crippen LogP contribution in [-0.4, -0.2) is 10.5 Å². The van der Waals surface area contributed by atoms with Crippen LogP contribution in [0.4, 0.5) is 5.69 Å². The summed E-state index contributed by atoms with van der Waals surface area (Å²) in [7, 11) is 0. The molecule has 4 nitrogen and oxygen atoms in total. The van der Waals surface area contributed by atoms with Gasteiger partial charge in [0.25, 0.3) is 5.91 Å². The molecular weight excluding hydrogens is 406 g/mol. The smallest absolute Gasteiger partial charge is 0.266 e. The van der Waals surface area contributed by atoms with Crippen LogP contribution in [0.3, 0.4) is 0 Å². The maximum atomic E-state index is 12.7. The maximum absolute atomic E-state index is 12.7. The van der Waals surface area contributed by atoms with E-state index in [4.69, 9.17) is 11.6 Å². The minimum atomic E-state index is -0.472. The van der Waals surface area contributed by atoms with Gasteiger partial charge in [-0.1, -0.05) is 65.7 Å². The van der Waals surface area contributed by atoms with Gasteiger partial charge in [-0.15, -0.1) is 0 Å². The van der Waals surface area contributed by atoms with Gasteiger partial charge in [0.2, 0.25) is 0 Å². The third kappa shape index (κ3) is 4.69. The third-order valence-corrected chi connectivity index (χ3v) is 5.28. The number of hydrogen-bond donors (Lipinski definition) is 1. The first kappa shape index (κ1) is 20.5. The van der Waals surface area contributed by atoms with E-state index in [-0.39, 0.29) is 5.57 Å². The van der Waals surface area contributed by atoms with Crippen molar-refractivity contribution in [2.45, 2.75) is 13.5 Å². The highest BCUT2D eigenvalue weighted by atomic mass is 35.5. The molecule has 5 heteroatoms. The van der Waals surface area contributed by atoms with Crippen LogP contribution >= 0.6 is 11.6 Å². The number of nitrogens with zero attached hydrogens (tertiary/aromatic N) is 2. The Labute approximate surface area is 186 Å². The third-order valence-electron chi connectivity index (χ3n) is 5.04. The average Bonchev–Trinajstić information content (AvgIpc) is 3.11. The monoisotopic (exact) mass is 425 g/mol. The molecule has 0 aliphatic heterocycles. The lowest BCUT2D eigenvalue weighted by Crippen LogP contribution is -2.13. The molecule has 1 aromatic heterocycles. The van der Waals surface area contributed by atoms with Crippen molar-refractivity contribution in [1.29, 1.82) is 5.26 Å². The number of carbonyl (C=O) groups is 1. The molecule has 0 saturated carbocycles. The van der Waals surface area contributed by atoms with E-state index >= 15 is 0 Å². The van der Waals surface area contributed by atoms with E-state index in [1.807, 2.05) is 36.5 Å². The molecule has 31 heavy (non-hydrogen) atoms. The van der Waals surface area contributed by atoms with Gasteiger partial charge in [-0.05, 0) is 42.8 Å². The summed E-state index contributed by atoms with van der Waals surface area (Å²) in [5.41, 5.74) is 4.83. The number of benzene rings is 3. The number of aryl methyl sites for hydroxylation is 1. The number of nitriles is 1. The van der Waals surface area contributed by atoms with Gasteiger partial charge in [0.05, 0.1) is 0 Å². The molecule has 0 bridgehead atoms. The average molecular weight is 426 g/mol. The Morgan fingerprint density at radius 1 is 1.10 bits per heavy atom. The molecule has 3 aromatic carbocycles. The lowest BCUT2D eigenvalue weighted by Gasteiger charge is -2.06. The molecule has 0 spiro atoms. The Hall–Kier alpha value is -3.81. The molecule has 0 aliphatic carbocycles. The van der Waals surface area contributed by atoms with E-state index in [2.05, 4.69) is 41.1 Å². The van der Waals surface area contributed by atoms with Crippen LogP contribution < -0.4 is 5.32 Å². The molecule has 1 N–H and O–H groups in total. The molecule has 0 fully saturated rings. The van der Waals surface area contributed by atoms with Crippen molar-refractivity contribution in [3.05, 3.63) is 106 Å². The lowest BCUT2D eigenvalue weighted by molar-refractivity contribution is -0.112. The van der Waals surface area contributed by atoms with E-state index in [0.717, 1.165) is 16.5 Å². The minimum absolute atomic E-state index is 0.0261. The van der Waals surface area contributed by atoms with Crippen LogP contribution in [0.15, 0.2) is 84.6 Å². The largest absolute Gasteiger partial charge is 0.342 e. The molecule has 4 aromatic rings. The van der Waals surface area contributed by atoms with Gasteiger partial charge in [0.15, 0.2) is 0 Å². The second kappa shape index (κ2) is 8.91. The highest BCUT2D eigenvalue weighted by Crippen LogP contribution is 2.25. The summed E-state index contributed by atoms with van der Waals surface area (Å²) >= 11 is 5.98. The summed E-state index contributed by atoms with van der Waals surface area (Å²) in [6, 6.07) is 25.2. The van der Waals surface area contributed by atoms with Crippen LogP contribution in [-0.2, 0) is 11.3 Å². The number of anilines is 1. The van der Waals surface area contributed by atoms with Crippen molar-refractivity contribution in [1.82, 2.24) is 4.57 Å². The summed E-state index contributed by atoms with van der Waals surface area (Å²) in [5.74, 6) is -0.472. The van der Waals surface area contributed by atoms with Crippen LogP contribution in [0.25, 0.3) is 17.0 Å². The number of hydrogen-bond acceptors (Lipinski definition) is 2. The first-order valence-electron chi connectivity index (χ1n) is 9.85. The van der Waals surface area contributed by atoms with Crippen LogP contribution in [0.5, 0.6) is 0 Å². The summed E-state index contributed by atoms with van der Waals surface area (Å²) in [6.45, 7) is 2.76. The van der Waals surface area contributed by atoms with E-state index in [9.17, 15) is 10.1 Å². The SMILES string of the molecule is Cc1ccc(Cn2cc(/C=C(/C#N)C(=O)Nc3cccc(Cl)c3)c3ccccc32)cc1. The first-order chi connectivity index (χ1) is 15.0. The molecule has 0 unspecified atom stereocenters. The molecule has 0 saturated heterocycles. The van der Waals surface area contributed by atoms with Gasteiger partial charge < -0.3 is 9.88 Å². The Morgan fingerprint density at radius 3 is 2.61 bits per heavy atom. The van der Waals surface area contributed by atoms with Crippen molar-refractivity contribution in [2.75, 3.05) is 5.32 Å². The Balaban J connectivity index is 1.67. The fraction of sp³-hybridized carbons (Fsp3) is 0.0769. The Morgan fingerprint density at radius 2 is 1.87 bits per heavy atom. The van der Waals surface area contributed by atoms with E-state index < -0.39 is 5.91 Å². The van der Waals surface area contributed by atoms with Crippen LogP contribution in [0.1, 0.15) is 16.7 Å². The highest BCUT2D eigenvalue weighted by Gasteiger charge is 2.13. The topological polar surface area (TPSA) is 57.8 Å². The van der Waals surface area contributed by atoms with E-state index in [0.29, 0.717) is 17.3 Å². The van der Waals surface area contributed by atoms with Gasteiger partial charge >= 0.3 is 0 Å². The fourth-order valence-electron chi connectivity index (χ4n) is 3.48. The molecular formula is C26H20ClN3O. The number of amides is 1. The predicted octanol–water partition coefficient (Wildman–Crippen LogP) is 6.20. The number of para-hydroxylation sites is 1. The fourth-order valence-corrected chi connectivity index (χ4v) is 3.67. The van der Waals surface area contributed by atoms with Crippen molar-refractivity contribution < 1.29 is 4.79 Å². The quantitative estimate of drug-likeness (QED) is 0.306. The zero-order valence-corrected chi connectivity index (χ0v) is 17.7. The van der Waals surface area contributed by atoms with Gasteiger partial charge in [-0.25, -0.2) is 0 Å². The summed E-state index contributed by atoms with van der Waals surface area (Å²) in [4.78, 5) is 12.7. The number of halogens is 1. The van der Waals surface area contributed by atoms with Crippen molar-refractivity contribution >= 4 is 40.2 Å². The molecule has 4 rings (SSSR count). The second-order valence-corrected chi connectivity index (χ2v) is 7.79. The van der Waals surface area contributed by atoms with Gasteiger partial charge in [0, 0.05) is 39.9 Å². The summed E-state index contributed by atoms with van der Waals surface area (Å²) < 4.78 is 2.13. The normalized spacial score (nSPS) is 11.3. The predicted molar refractivity (Wildman–Crippen MR) is 126 cm³/mol. The number of carbonyl (C=O) groups excluding carboxylic acids is 1. The molecule has 1 amide bonds. The number of fused-ring (bicyclic) bond motifs is 1. The van der Waals surface area contributed by atoms with E-state index in [1.165, 1.54) is 11.1 Å². The maximum Gasteiger partial charge on any atom is 0.266 e.